The Morgan fingerprint density at radius 2 is 2.29 bits per heavy atom. The van der Waals surface area contributed by atoms with Gasteiger partial charge in [-0.2, -0.15) is 0 Å². The molecule has 2 aromatic rings. The first-order chi connectivity index (χ1) is 8.25. The fraction of sp³-hybridized carbons (Fsp3) is 0.0909. The molecule has 1 aromatic heterocycles. The van der Waals surface area contributed by atoms with E-state index >= 15 is 0 Å². The largest absolute Gasteiger partial charge is 0.301 e. The minimum atomic E-state index is -0.306. The Balaban J connectivity index is 1.86. The second-order valence-electron chi connectivity index (χ2n) is 3.10. The second-order valence-corrected chi connectivity index (χ2v) is 5.02. The highest BCUT2D eigenvalue weighted by molar-refractivity contribution is 8.00. The summed E-state index contributed by atoms with van der Waals surface area (Å²) < 4.78 is 13.3. The predicted molar refractivity (Wildman–Crippen MR) is 67.9 cm³/mol. The highest BCUT2D eigenvalue weighted by Crippen LogP contribution is 2.21. The summed E-state index contributed by atoms with van der Waals surface area (Å²) in [5, 5.41) is 4.97. The number of rotatable bonds is 4. The maximum absolute atomic E-state index is 13.3. The lowest BCUT2D eigenvalue weighted by molar-refractivity contribution is -0.113. The van der Waals surface area contributed by atoms with Gasteiger partial charge in [-0.15, -0.1) is 23.1 Å². The van der Waals surface area contributed by atoms with Gasteiger partial charge in [-0.1, -0.05) is 12.1 Å². The van der Waals surface area contributed by atoms with Crippen LogP contribution in [-0.4, -0.2) is 16.6 Å². The van der Waals surface area contributed by atoms with Gasteiger partial charge in [0.2, 0.25) is 5.91 Å². The van der Waals surface area contributed by atoms with Crippen molar-refractivity contribution < 1.29 is 9.18 Å². The summed E-state index contributed by atoms with van der Waals surface area (Å²) in [6, 6.07) is 6.39. The van der Waals surface area contributed by atoms with Crippen LogP contribution in [0.25, 0.3) is 0 Å². The van der Waals surface area contributed by atoms with Gasteiger partial charge in [0.05, 0.1) is 5.75 Å². The molecule has 88 valence electrons. The molecule has 1 aromatic carbocycles. The zero-order valence-electron chi connectivity index (χ0n) is 8.72. The Labute approximate surface area is 106 Å². The number of thiazole rings is 1. The zero-order chi connectivity index (χ0) is 12.1. The van der Waals surface area contributed by atoms with E-state index in [4.69, 9.17) is 0 Å². The Bertz CT molecular complexity index is 502. The first kappa shape index (κ1) is 12.1. The molecular weight excluding hydrogens is 259 g/mol. The molecule has 1 amide bonds. The summed E-state index contributed by atoms with van der Waals surface area (Å²) in [6.07, 6.45) is 1.62. The van der Waals surface area contributed by atoms with E-state index < -0.39 is 0 Å². The first-order valence-electron chi connectivity index (χ1n) is 4.82. The van der Waals surface area contributed by atoms with Gasteiger partial charge in [0.25, 0.3) is 0 Å². The number of nitrogens with zero attached hydrogens (tertiary/aromatic N) is 1. The molecule has 2 rings (SSSR count). The molecule has 0 unspecified atom stereocenters. The Morgan fingerprint density at radius 3 is 3.00 bits per heavy atom. The van der Waals surface area contributed by atoms with Gasteiger partial charge in [-0.3, -0.25) is 4.79 Å². The standard InChI is InChI=1S/C11H9FN2OS2/c12-8-3-1-2-4-9(8)17-7-10(15)14-11-13-5-6-16-11/h1-6H,7H2,(H,13,14,15). The van der Waals surface area contributed by atoms with Crippen molar-refractivity contribution in [3.63, 3.8) is 0 Å². The van der Waals surface area contributed by atoms with E-state index in [-0.39, 0.29) is 17.5 Å². The fourth-order valence-electron chi connectivity index (χ4n) is 1.15. The minimum absolute atomic E-state index is 0.167. The van der Waals surface area contributed by atoms with Crippen molar-refractivity contribution in [1.29, 1.82) is 0 Å². The molecule has 6 heteroatoms. The summed E-state index contributed by atoms with van der Waals surface area (Å²) in [6.45, 7) is 0. The van der Waals surface area contributed by atoms with Crippen molar-refractivity contribution >= 4 is 34.1 Å². The lowest BCUT2D eigenvalue weighted by Gasteiger charge is -2.02. The lowest BCUT2D eigenvalue weighted by atomic mass is 10.3. The number of halogens is 1. The number of hydrogen-bond donors (Lipinski definition) is 1. The van der Waals surface area contributed by atoms with E-state index in [9.17, 15) is 9.18 Å². The van der Waals surface area contributed by atoms with Crippen LogP contribution in [0.2, 0.25) is 0 Å². The van der Waals surface area contributed by atoms with E-state index in [1.165, 1.54) is 29.2 Å². The van der Waals surface area contributed by atoms with E-state index in [1.54, 1.807) is 29.8 Å². The predicted octanol–water partition coefficient (Wildman–Crippen LogP) is 3.01. The summed E-state index contributed by atoms with van der Waals surface area (Å²) in [4.78, 5) is 15.9. The van der Waals surface area contributed by atoms with Crippen LogP contribution in [0.5, 0.6) is 0 Å². The molecule has 1 heterocycles. The van der Waals surface area contributed by atoms with Gasteiger partial charge in [0.1, 0.15) is 5.82 Å². The lowest BCUT2D eigenvalue weighted by Crippen LogP contribution is -2.13. The van der Waals surface area contributed by atoms with E-state index in [2.05, 4.69) is 10.3 Å². The maximum Gasteiger partial charge on any atom is 0.236 e. The van der Waals surface area contributed by atoms with Crippen LogP contribution in [0.3, 0.4) is 0 Å². The fourth-order valence-corrected chi connectivity index (χ4v) is 2.43. The molecule has 0 aliphatic heterocycles. The van der Waals surface area contributed by atoms with Crippen molar-refractivity contribution in [3.8, 4) is 0 Å². The van der Waals surface area contributed by atoms with Gasteiger partial charge >= 0.3 is 0 Å². The van der Waals surface area contributed by atoms with Gasteiger partial charge in [-0.05, 0) is 12.1 Å². The van der Waals surface area contributed by atoms with Crippen molar-refractivity contribution in [2.24, 2.45) is 0 Å². The molecule has 0 bridgehead atoms. The summed E-state index contributed by atoms with van der Waals surface area (Å²) in [5.74, 6) is -0.326. The van der Waals surface area contributed by atoms with Crippen LogP contribution >= 0.6 is 23.1 Å². The Morgan fingerprint density at radius 1 is 1.47 bits per heavy atom. The van der Waals surface area contributed by atoms with Crippen molar-refractivity contribution in [3.05, 3.63) is 41.7 Å². The van der Waals surface area contributed by atoms with Gasteiger partial charge in [0, 0.05) is 16.5 Å². The molecule has 17 heavy (non-hydrogen) atoms. The maximum atomic E-state index is 13.3. The molecule has 0 atom stereocenters. The molecule has 0 saturated heterocycles. The third-order valence-corrected chi connectivity index (χ3v) is 3.61. The average molecular weight is 268 g/mol. The number of carbonyl (C=O) groups excluding carboxylic acids is 1. The van der Waals surface area contributed by atoms with Crippen molar-refractivity contribution in [2.75, 3.05) is 11.1 Å². The molecule has 3 nitrogen and oxygen atoms in total. The minimum Gasteiger partial charge on any atom is -0.301 e. The number of amides is 1. The number of carbonyl (C=O) groups is 1. The summed E-state index contributed by atoms with van der Waals surface area (Å²) >= 11 is 2.52. The van der Waals surface area contributed by atoms with Crippen molar-refractivity contribution in [2.45, 2.75) is 4.90 Å². The van der Waals surface area contributed by atoms with E-state index in [0.717, 1.165) is 0 Å². The van der Waals surface area contributed by atoms with Gasteiger partial charge in [-0.25, -0.2) is 9.37 Å². The number of aromatic nitrogens is 1. The second kappa shape index (κ2) is 5.79. The van der Waals surface area contributed by atoms with Crippen LogP contribution in [0, 0.1) is 5.82 Å². The van der Waals surface area contributed by atoms with Crippen molar-refractivity contribution in [1.82, 2.24) is 4.98 Å². The molecule has 0 radical (unpaired) electrons. The molecule has 0 aliphatic carbocycles. The van der Waals surface area contributed by atoms with Crippen LogP contribution in [0.4, 0.5) is 9.52 Å². The molecule has 0 saturated carbocycles. The monoisotopic (exact) mass is 268 g/mol. The summed E-state index contributed by atoms with van der Waals surface area (Å²) in [7, 11) is 0. The molecule has 0 aliphatic rings. The van der Waals surface area contributed by atoms with Gasteiger partial charge < -0.3 is 5.32 Å². The van der Waals surface area contributed by atoms with E-state index in [0.29, 0.717) is 10.0 Å². The van der Waals surface area contributed by atoms with Crippen LogP contribution in [-0.2, 0) is 4.79 Å². The highest BCUT2D eigenvalue weighted by atomic mass is 32.2. The topological polar surface area (TPSA) is 42.0 Å². The third kappa shape index (κ3) is 3.54. The van der Waals surface area contributed by atoms with E-state index in [1.807, 2.05) is 0 Å². The zero-order valence-corrected chi connectivity index (χ0v) is 10.4. The normalized spacial score (nSPS) is 10.2. The van der Waals surface area contributed by atoms with Crippen LogP contribution in [0.15, 0.2) is 40.7 Å². The number of hydrogen-bond acceptors (Lipinski definition) is 4. The molecular formula is C11H9FN2OS2. The highest BCUT2D eigenvalue weighted by Gasteiger charge is 2.07. The van der Waals surface area contributed by atoms with Crippen LogP contribution < -0.4 is 5.32 Å². The molecule has 0 spiro atoms. The smallest absolute Gasteiger partial charge is 0.236 e. The Hall–Kier alpha value is -1.40. The number of nitrogens with one attached hydrogen (secondary N) is 1. The number of benzene rings is 1. The number of anilines is 1. The first-order valence-corrected chi connectivity index (χ1v) is 6.69. The number of thioether (sulfide) groups is 1. The molecule has 1 N–H and O–H groups in total. The molecule has 0 fully saturated rings. The third-order valence-electron chi connectivity index (χ3n) is 1.87. The summed E-state index contributed by atoms with van der Waals surface area (Å²) in [5.41, 5.74) is 0. The average Bonchev–Trinajstić information content (AvgIpc) is 2.81. The Kier molecular flexibility index (Phi) is 4.11. The SMILES string of the molecule is O=C(CSc1ccccc1F)Nc1nccs1. The van der Waals surface area contributed by atoms with Gasteiger partial charge in [0.15, 0.2) is 5.13 Å². The quantitative estimate of drug-likeness (QED) is 0.867. The van der Waals surface area contributed by atoms with Crippen LogP contribution in [0.1, 0.15) is 0 Å².